The Morgan fingerprint density at radius 1 is 1.14 bits per heavy atom. The van der Waals surface area contributed by atoms with Crippen LogP contribution in [0.5, 0.6) is 5.75 Å². The van der Waals surface area contributed by atoms with E-state index in [2.05, 4.69) is 10.1 Å². The zero-order valence-corrected chi connectivity index (χ0v) is 10.9. The Balaban J connectivity index is 2.10. The van der Waals surface area contributed by atoms with Crippen LogP contribution >= 0.6 is 0 Å². The van der Waals surface area contributed by atoms with Crippen LogP contribution in [0, 0.1) is 0 Å². The fourth-order valence-electron chi connectivity index (χ4n) is 2.10. The van der Waals surface area contributed by atoms with Crippen molar-refractivity contribution >= 4 is 11.6 Å². The van der Waals surface area contributed by atoms with E-state index in [0.717, 1.165) is 0 Å². The predicted octanol–water partition coefficient (Wildman–Crippen LogP) is 2.62. The molecular formula is C14H12F2N4O. The second-order valence-corrected chi connectivity index (χ2v) is 4.36. The summed E-state index contributed by atoms with van der Waals surface area (Å²) >= 11 is 0. The van der Waals surface area contributed by atoms with E-state index < -0.39 is 13.0 Å². The third-order valence-electron chi connectivity index (χ3n) is 2.92. The lowest BCUT2D eigenvalue weighted by molar-refractivity contribution is 0.0822. The zero-order valence-electron chi connectivity index (χ0n) is 10.9. The molecule has 3 aromatic rings. The summed E-state index contributed by atoms with van der Waals surface area (Å²) in [6, 6.07) is 10.5. The van der Waals surface area contributed by atoms with Crippen LogP contribution in [0.25, 0.3) is 16.8 Å². The first-order chi connectivity index (χ1) is 10.1. The second kappa shape index (κ2) is 5.35. The molecule has 0 saturated carbocycles. The number of para-hydroxylation sites is 1. The Hall–Kier alpha value is -2.70. The van der Waals surface area contributed by atoms with Crippen molar-refractivity contribution in [2.45, 2.75) is 6.43 Å². The number of nitrogens with zero attached hydrogens (tertiary/aromatic N) is 3. The maximum absolute atomic E-state index is 12.3. The monoisotopic (exact) mass is 290 g/mol. The Bertz CT molecular complexity index is 773. The van der Waals surface area contributed by atoms with Gasteiger partial charge in [-0.2, -0.15) is 4.98 Å². The van der Waals surface area contributed by atoms with E-state index in [-0.39, 0.29) is 5.95 Å². The Morgan fingerprint density at radius 3 is 2.71 bits per heavy atom. The van der Waals surface area contributed by atoms with E-state index in [4.69, 9.17) is 10.5 Å². The SMILES string of the molecule is Nc1nc2c(-c3ccccc3OCC(F)F)cccn2n1. The summed E-state index contributed by atoms with van der Waals surface area (Å²) in [5.74, 6) is 0.515. The number of alkyl halides is 2. The highest BCUT2D eigenvalue weighted by Gasteiger charge is 2.13. The summed E-state index contributed by atoms with van der Waals surface area (Å²) in [5.41, 5.74) is 7.52. The minimum Gasteiger partial charge on any atom is -0.487 e. The van der Waals surface area contributed by atoms with Crippen LogP contribution in [-0.2, 0) is 0 Å². The Kier molecular flexibility index (Phi) is 3.39. The van der Waals surface area contributed by atoms with Crippen LogP contribution in [0.1, 0.15) is 0 Å². The summed E-state index contributed by atoms with van der Waals surface area (Å²) in [6.07, 6.45) is -0.817. The molecule has 2 N–H and O–H groups in total. The number of rotatable bonds is 4. The molecule has 0 amide bonds. The third kappa shape index (κ3) is 2.62. The van der Waals surface area contributed by atoms with E-state index >= 15 is 0 Å². The Labute approximate surface area is 119 Å². The molecular weight excluding hydrogens is 278 g/mol. The minimum absolute atomic E-state index is 0.147. The summed E-state index contributed by atoms with van der Waals surface area (Å²) in [7, 11) is 0. The standard InChI is InChI=1S/C14H12F2N4O/c15-12(16)8-21-11-6-2-1-4-9(11)10-5-3-7-20-13(10)18-14(17)19-20/h1-7,12H,8H2,(H2,17,19). The van der Waals surface area contributed by atoms with Crippen molar-refractivity contribution in [3.8, 4) is 16.9 Å². The van der Waals surface area contributed by atoms with Crippen LogP contribution in [0.4, 0.5) is 14.7 Å². The maximum Gasteiger partial charge on any atom is 0.272 e. The number of halogens is 2. The molecule has 0 atom stereocenters. The first kappa shape index (κ1) is 13.3. The van der Waals surface area contributed by atoms with Crippen molar-refractivity contribution in [2.24, 2.45) is 0 Å². The molecule has 0 bridgehead atoms. The summed E-state index contributed by atoms with van der Waals surface area (Å²) in [4.78, 5) is 4.15. The van der Waals surface area contributed by atoms with Gasteiger partial charge in [0.25, 0.3) is 6.43 Å². The minimum atomic E-state index is -2.53. The molecule has 0 fully saturated rings. The van der Waals surface area contributed by atoms with Gasteiger partial charge in [-0.1, -0.05) is 18.2 Å². The van der Waals surface area contributed by atoms with Gasteiger partial charge in [0, 0.05) is 17.3 Å². The lowest BCUT2D eigenvalue weighted by atomic mass is 10.1. The number of aromatic nitrogens is 3. The number of fused-ring (bicyclic) bond motifs is 1. The maximum atomic E-state index is 12.3. The highest BCUT2D eigenvalue weighted by Crippen LogP contribution is 2.32. The molecule has 108 valence electrons. The van der Waals surface area contributed by atoms with Crippen LogP contribution in [0.3, 0.4) is 0 Å². The molecule has 2 aromatic heterocycles. The molecule has 0 radical (unpaired) electrons. The lowest BCUT2D eigenvalue weighted by Gasteiger charge is -2.11. The number of nitrogen functional groups attached to an aromatic ring is 1. The first-order valence-electron chi connectivity index (χ1n) is 6.26. The fraction of sp³-hybridized carbons (Fsp3) is 0.143. The van der Waals surface area contributed by atoms with Crippen LogP contribution in [0.2, 0.25) is 0 Å². The molecule has 0 aliphatic carbocycles. The van der Waals surface area contributed by atoms with Gasteiger partial charge in [0.05, 0.1) is 0 Å². The van der Waals surface area contributed by atoms with E-state index in [0.29, 0.717) is 22.5 Å². The highest BCUT2D eigenvalue weighted by atomic mass is 19.3. The summed E-state index contributed by atoms with van der Waals surface area (Å²) in [5, 5.41) is 4.03. The van der Waals surface area contributed by atoms with Gasteiger partial charge in [-0.05, 0) is 18.2 Å². The van der Waals surface area contributed by atoms with Crippen molar-refractivity contribution in [1.82, 2.24) is 14.6 Å². The third-order valence-corrected chi connectivity index (χ3v) is 2.92. The number of hydrogen-bond donors (Lipinski definition) is 1. The molecule has 0 unspecified atom stereocenters. The van der Waals surface area contributed by atoms with Crippen molar-refractivity contribution in [3.63, 3.8) is 0 Å². The van der Waals surface area contributed by atoms with Gasteiger partial charge in [-0.3, -0.25) is 0 Å². The summed E-state index contributed by atoms with van der Waals surface area (Å²) < 4.78 is 31.4. The van der Waals surface area contributed by atoms with Gasteiger partial charge in [0.2, 0.25) is 5.95 Å². The quantitative estimate of drug-likeness (QED) is 0.802. The number of ether oxygens (including phenoxy) is 1. The number of hydrogen-bond acceptors (Lipinski definition) is 4. The highest BCUT2D eigenvalue weighted by molar-refractivity contribution is 5.81. The van der Waals surface area contributed by atoms with Gasteiger partial charge >= 0.3 is 0 Å². The number of anilines is 1. The molecule has 0 aliphatic rings. The average Bonchev–Trinajstić information content (AvgIpc) is 2.85. The van der Waals surface area contributed by atoms with Crippen molar-refractivity contribution in [3.05, 3.63) is 42.6 Å². The molecule has 1 aromatic carbocycles. The largest absolute Gasteiger partial charge is 0.487 e. The molecule has 21 heavy (non-hydrogen) atoms. The summed E-state index contributed by atoms with van der Waals surface area (Å²) in [6.45, 7) is -0.658. The lowest BCUT2D eigenvalue weighted by Crippen LogP contribution is -2.07. The molecule has 3 rings (SSSR count). The molecule has 0 aliphatic heterocycles. The van der Waals surface area contributed by atoms with E-state index in [1.807, 2.05) is 6.07 Å². The number of benzene rings is 1. The second-order valence-electron chi connectivity index (χ2n) is 4.36. The fourth-order valence-corrected chi connectivity index (χ4v) is 2.10. The topological polar surface area (TPSA) is 65.4 Å². The average molecular weight is 290 g/mol. The molecule has 5 nitrogen and oxygen atoms in total. The van der Waals surface area contributed by atoms with E-state index in [1.54, 1.807) is 36.5 Å². The van der Waals surface area contributed by atoms with E-state index in [1.165, 1.54) is 4.52 Å². The molecule has 0 saturated heterocycles. The molecule has 2 heterocycles. The van der Waals surface area contributed by atoms with Crippen LogP contribution < -0.4 is 10.5 Å². The van der Waals surface area contributed by atoms with Gasteiger partial charge in [0.1, 0.15) is 12.4 Å². The molecule has 0 spiro atoms. The zero-order chi connectivity index (χ0) is 14.8. The van der Waals surface area contributed by atoms with Crippen LogP contribution in [-0.4, -0.2) is 27.6 Å². The Morgan fingerprint density at radius 2 is 1.90 bits per heavy atom. The van der Waals surface area contributed by atoms with Crippen LogP contribution in [0.15, 0.2) is 42.6 Å². The van der Waals surface area contributed by atoms with Gasteiger partial charge in [0.15, 0.2) is 5.65 Å². The van der Waals surface area contributed by atoms with Crippen molar-refractivity contribution in [2.75, 3.05) is 12.3 Å². The predicted molar refractivity (Wildman–Crippen MR) is 74.3 cm³/mol. The number of pyridine rings is 1. The van der Waals surface area contributed by atoms with Gasteiger partial charge in [-0.25, -0.2) is 13.3 Å². The normalized spacial score (nSPS) is 11.2. The molecule has 7 heteroatoms. The van der Waals surface area contributed by atoms with E-state index in [9.17, 15) is 8.78 Å². The first-order valence-corrected chi connectivity index (χ1v) is 6.26. The van der Waals surface area contributed by atoms with Gasteiger partial charge in [-0.15, -0.1) is 5.10 Å². The van der Waals surface area contributed by atoms with Gasteiger partial charge < -0.3 is 10.5 Å². The van der Waals surface area contributed by atoms with Crippen molar-refractivity contribution in [1.29, 1.82) is 0 Å². The smallest absolute Gasteiger partial charge is 0.272 e. The van der Waals surface area contributed by atoms with Crippen molar-refractivity contribution < 1.29 is 13.5 Å². The number of nitrogens with two attached hydrogens (primary N) is 1.